The first-order valence-corrected chi connectivity index (χ1v) is 5.11. The van der Waals surface area contributed by atoms with Crippen LogP contribution in [0.15, 0.2) is 12.5 Å². The van der Waals surface area contributed by atoms with Gasteiger partial charge in [-0.2, -0.15) is 0 Å². The molecule has 1 atom stereocenters. The summed E-state index contributed by atoms with van der Waals surface area (Å²) in [5, 5.41) is 0. The lowest BCUT2D eigenvalue weighted by molar-refractivity contribution is -0.137. The fraction of sp³-hybridized carbons (Fsp3) is 0.333. The molecular formula is C6H6I2N2O3. The molecule has 0 saturated heterocycles. The SMILES string of the molecule is O=C(OI)C(Cc1cnc[nH]1)OI. The molecular weight excluding hydrogens is 402 g/mol. The third kappa shape index (κ3) is 3.38. The van der Waals surface area contributed by atoms with E-state index in [-0.39, 0.29) is 0 Å². The zero-order valence-electron chi connectivity index (χ0n) is 6.37. The molecule has 7 heteroatoms. The summed E-state index contributed by atoms with van der Waals surface area (Å²) in [5.41, 5.74) is 0.837. The van der Waals surface area contributed by atoms with Crippen molar-refractivity contribution in [3.05, 3.63) is 18.2 Å². The van der Waals surface area contributed by atoms with Crippen LogP contribution >= 0.6 is 46.0 Å². The van der Waals surface area contributed by atoms with Gasteiger partial charge in [-0.3, -0.25) is 0 Å². The van der Waals surface area contributed by atoms with Gasteiger partial charge in [-0.05, 0) is 0 Å². The number of hydrogen-bond donors (Lipinski definition) is 1. The number of aromatic amines is 1. The van der Waals surface area contributed by atoms with E-state index in [9.17, 15) is 4.79 Å². The van der Waals surface area contributed by atoms with Crippen LogP contribution < -0.4 is 0 Å². The van der Waals surface area contributed by atoms with Crippen molar-refractivity contribution in [2.24, 2.45) is 0 Å². The number of carbonyl (C=O) groups excluding carboxylic acids is 1. The molecule has 1 heterocycles. The van der Waals surface area contributed by atoms with E-state index in [0.29, 0.717) is 6.42 Å². The second-order valence-electron chi connectivity index (χ2n) is 2.25. The molecule has 0 aliphatic rings. The summed E-state index contributed by atoms with van der Waals surface area (Å²) >= 11 is 3.21. The van der Waals surface area contributed by atoms with Crippen LogP contribution in [-0.2, 0) is 17.3 Å². The predicted molar refractivity (Wildman–Crippen MR) is 61.3 cm³/mol. The van der Waals surface area contributed by atoms with Gasteiger partial charge in [0.15, 0.2) is 29.1 Å². The summed E-state index contributed by atoms with van der Waals surface area (Å²) in [6.45, 7) is 0. The van der Waals surface area contributed by atoms with Crippen LogP contribution in [0.3, 0.4) is 0 Å². The number of nitrogens with zero attached hydrogens (tertiary/aromatic N) is 1. The van der Waals surface area contributed by atoms with Gasteiger partial charge in [0.25, 0.3) is 0 Å². The Hall–Kier alpha value is 0.1000. The first kappa shape index (κ1) is 11.2. The quantitative estimate of drug-likeness (QED) is 0.770. The Morgan fingerprint density at radius 1 is 1.69 bits per heavy atom. The van der Waals surface area contributed by atoms with E-state index in [2.05, 4.69) is 13.0 Å². The lowest BCUT2D eigenvalue weighted by atomic mass is 10.2. The van der Waals surface area contributed by atoms with Crippen LogP contribution in [-0.4, -0.2) is 22.0 Å². The minimum Gasteiger partial charge on any atom is -0.393 e. The average Bonchev–Trinajstić information content (AvgIpc) is 2.65. The normalized spacial score (nSPS) is 12.5. The van der Waals surface area contributed by atoms with Crippen LogP contribution in [0.1, 0.15) is 5.69 Å². The Balaban J connectivity index is 2.54. The molecule has 1 N–H and O–H groups in total. The number of halogens is 2. The fourth-order valence-electron chi connectivity index (χ4n) is 0.797. The summed E-state index contributed by atoms with van der Waals surface area (Å²) in [4.78, 5) is 17.8. The van der Waals surface area contributed by atoms with Crippen molar-refractivity contribution < 1.29 is 10.9 Å². The van der Waals surface area contributed by atoms with Crippen molar-refractivity contribution in [2.45, 2.75) is 12.5 Å². The molecule has 0 radical (unpaired) electrons. The number of carbonyl (C=O) groups is 1. The van der Waals surface area contributed by atoms with Crippen molar-refractivity contribution >= 4 is 52.0 Å². The first-order valence-electron chi connectivity index (χ1n) is 3.35. The van der Waals surface area contributed by atoms with E-state index in [1.165, 1.54) is 23.0 Å². The zero-order valence-corrected chi connectivity index (χ0v) is 10.7. The van der Waals surface area contributed by atoms with Gasteiger partial charge in [-0.25, -0.2) is 9.78 Å². The Kier molecular flexibility index (Phi) is 4.94. The molecule has 0 aliphatic carbocycles. The van der Waals surface area contributed by atoms with Crippen molar-refractivity contribution in [3.63, 3.8) is 0 Å². The van der Waals surface area contributed by atoms with E-state index < -0.39 is 12.1 Å². The van der Waals surface area contributed by atoms with Gasteiger partial charge in [0.1, 0.15) is 23.0 Å². The molecule has 1 aromatic heterocycles. The monoisotopic (exact) mass is 408 g/mol. The van der Waals surface area contributed by atoms with Crippen LogP contribution in [0.25, 0.3) is 0 Å². The third-order valence-electron chi connectivity index (χ3n) is 1.41. The minimum absolute atomic E-state index is 0.399. The molecule has 72 valence electrons. The van der Waals surface area contributed by atoms with E-state index in [4.69, 9.17) is 3.07 Å². The highest BCUT2D eigenvalue weighted by molar-refractivity contribution is 14.1. The Labute approximate surface area is 103 Å². The predicted octanol–water partition coefficient (Wildman–Crippen LogP) is 1.58. The molecule has 0 saturated carbocycles. The summed E-state index contributed by atoms with van der Waals surface area (Å²) in [5.74, 6) is -0.399. The Morgan fingerprint density at radius 3 is 2.92 bits per heavy atom. The molecule has 1 unspecified atom stereocenters. The summed E-state index contributed by atoms with van der Waals surface area (Å²) in [7, 11) is 0. The molecule has 1 aromatic rings. The van der Waals surface area contributed by atoms with Crippen molar-refractivity contribution in [3.8, 4) is 0 Å². The largest absolute Gasteiger partial charge is 0.393 e. The smallest absolute Gasteiger partial charge is 0.346 e. The highest BCUT2D eigenvalue weighted by atomic mass is 127. The maximum atomic E-state index is 11.1. The van der Waals surface area contributed by atoms with Gasteiger partial charge < -0.3 is 11.1 Å². The molecule has 1 rings (SSSR count). The Bertz CT molecular complexity index is 265. The maximum Gasteiger partial charge on any atom is 0.346 e. The number of nitrogens with one attached hydrogen (secondary N) is 1. The number of aromatic nitrogens is 2. The average molecular weight is 408 g/mol. The van der Waals surface area contributed by atoms with Crippen LogP contribution in [0.4, 0.5) is 0 Å². The summed E-state index contributed by atoms with van der Waals surface area (Å²) < 4.78 is 9.44. The van der Waals surface area contributed by atoms with E-state index in [1.54, 1.807) is 35.5 Å². The molecule has 0 bridgehead atoms. The van der Waals surface area contributed by atoms with Gasteiger partial charge in [0, 0.05) is 18.3 Å². The van der Waals surface area contributed by atoms with Gasteiger partial charge in [0.05, 0.1) is 6.33 Å². The number of imidazole rings is 1. The third-order valence-corrected chi connectivity index (χ3v) is 2.45. The number of hydrogen-bond acceptors (Lipinski definition) is 4. The van der Waals surface area contributed by atoms with E-state index in [1.807, 2.05) is 0 Å². The zero-order chi connectivity index (χ0) is 9.68. The minimum atomic E-state index is -0.585. The standard InChI is InChI=1S/C6H6I2N2O3/c7-12-5(6(11)13-8)1-4-2-9-3-10-4/h2-3,5H,1H2,(H,9,10). The van der Waals surface area contributed by atoms with Crippen molar-refractivity contribution in [1.82, 2.24) is 9.97 Å². The number of H-pyrrole nitrogens is 1. The lowest BCUT2D eigenvalue weighted by Crippen LogP contribution is -2.23. The number of rotatable bonds is 4. The highest BCUT2D eigenvalue weighted by Crippen LogP contribution is 2.09. The summed E-state index contributed by atoms with van der Waals surface area (Å²) in [6.07, 6.45) is 3.04. The topological polar surface area (TPSA) is 64.2 Å². The molecule has 0 spiro atoms. The van der Waals surface area contributed by atoms with Gasteiger partial charge >= 0.3 is 5.97 Å². The van der Waals surface area contributed by atoms with Gasteiger partial charge in [-0.1, -0.05) is 0 Å². The maximum absolute atomic E-state index is 11.1. The highest BCUT2D eigenvalue weighted by Gasteiger charge is 2.20. The molecule has 5 nitrogen and oxygen atoms in total. The van der Waals surface area contributed by atoms with E-state index in [0.717, 1.165) is 5.69 Å². The van der Waals surface area contributed by atoms with Crippen LogP contribution in [0, 0.1) is 0 Å². The molecule has 13 heavy (non-hydrogen) atoms. The van der Waals surface area contributed by atoms with Crippen LogP contribution in [0.5, 0.6) is 0 Å². The van der Waals surface area contributed by atoms with Crippen molar-refractivity contribution in [1.29, 1.82) is 0 Å². The van der Waals surface area contributed by atoms with Crippen LogP contribution in [0.2, 0.25) is 0 Å². The van der Waals surface area contributed by atoms with Gasteiger partial charge in [-0.15, -0.1) is 0 Å². The van der Waals surface area contributed by atoms with E-state index >= 15 is 0 Å². The lowest BCUT2D eigenvalue weighted by Gasteiger charge is -2.07. The first-order chi connectivity index (χ1) is 6.27. The molecule has 0 aromatic carbocycles. The molecule has 0 aliphatic heterocycles. The Morgan fingerprint density at radius 2 is 2.46 bits per heavy atom. The summed E-state index contributed by atoms with van der Waals surface area (Å²) in [6, 6.07) is 0. The second kappa shape index (κ2) is 5.75. The molecule has 0 amide bonds. The van der Waals surface area contributed by atoms with Crippen molar-refractivity contribution in [2.75, 3.05) is 0 Å². The van der Waals surface area contributed by atoms with Gasteiger partial charge in [0.2, 0.25) is 0 Å². The fourth-order valence-corrected chi connectivity index (χ4v) is 1.47. The second-order valence-corrected chi connectivity index (χ2v) is 3.20. The molecule has 0 fully saturated rings.